The van der Waals surface area contributed by atoms with Gasteiger partial charge in [0.25, 0.3) is 0 Å². The monoisotopic (exact) mass is 467 g/mol. The summed E-state index contributed by atoms with van der Waals surface area (Å²) in [4.78, 5) is 33.3. The molecule has 1 fully saturated rings. The largest absolute Gasteiger partial charge is 0.453 e. The Morgan fingerprint density at radius 2 is 1.80 bits per heavy atom. The topological polar surface area (TPSA) is 78.3 Å². The lowest BCUT2D eigenvalue weighted by atomic mass is 9.99. The second-order valence-corrected chi connectivity index (χ2v) is 9.95. The average molecular weight is 468 g/mol. The molecular weight excluding hydrogens is 438 g/mol. The third-order valence-corrected chi connectivity index (χ3v) is 7.26. The number of anilines is 1. The van der Waals surface area contributed by atoms with Gasteiger partial charge in [0.15, 0.2) is 22.0 Å². The minimum atomic E-state index is -0.161. The molecule has 5 aromatic rings. The van der Waals surface area contributed by atoms with Gasteiger partial charge in [-0.3, -0.25) is 9.59 Å². The second-order valence-electron chi connectivity index (χ2n) is 9.95. The van der Waals surface area contributed by atoms with Gasteiger partial charge in [0.1, 0.15) is 0 Å². The van der Waals surface area contributed by atoms with Crippen molar-refractivity contribution in [3.63, 3.8) is 0 Å². The van der Waals surface area contributed by atoms with Crippen molar-refractivity contribution >= 4 is 49.4 Å². The molecule has 0 radical (unpaired) electrons. The number of rotatable bonds is 4. The van der Waals surface area contributed by atoms with Crippen LogP contribution in [-0.2, 0) is 0 Å². The van der Waals surface area contributed by atoms with Crippen LogP contribution in [0.25, 0.3) is 43.7 Å². The maximum absolute atomic E-state index is 13.7. The Bertz CT molecular complexity index is 1720. The average Bonchev–Trinajstić information content (AvgIpc) is 2.85. The summed E-state index contributed by atoms with van der Waals surface area (Å²) < 4.78 is 6.27. The SMILES string of the molecule is Cc1ccc2[nH]c3c(cc(NCCN4CCCC(C)C4)c4c(=O)c5ccccc5c(=O)c43)oc2c1. The fraction of sp³-hybridized carbons (Fsp3) is 0.310. The number of hydrogen-bond acceptors (Lipinski definition) is 5. The number of nitrogens with zero attached hydrogens (tertiary/aromatic N) is 1. The number of piperidine rings is 1. The van der Waals surface area contributed by atoms with Gasteiger partial charge >= 0.3 is 0 Å². The molecule has 6 heteroatoms. The van der Waals surface area contributed by atoms with Crippen LogP contribution in [0, 0.1) is 12.8 Å². The van der Waals surface area contributed by atoms with Gasteiger partial charge in [0, 0.05) is 36.5 Å². The molecule has 4 aromatic carbocycles. The van der Waals surface area contributed by atoms with Crippen LogP contribution >= 0.6 is 0 Å². The van der Waals surface area contributed by atoms with Crippen LogP contribution in [0.5, 0.6) is 0 Å². The normalized spacial score (nSPS) is 17.0. The minimum Gasteiger partial charge on any atom is -0.453 e. The molecule has 6 nitrogen and oxygen atoms in total. The van der Waals surface area contributed by atoms with Gasteiger partial charge in [-0.05, 0) is 49.9 Å². The summed E-state index contributed by atoms with van der Waals surface area (Å²) in [6.45, 7) is 8.07. The Kier molecular flexibility index (Phi) is 5.33. The molecule has 0 saturated carbocycles. The van der Waals surface area contributed by atoms with E-state index in [9.17, 15) is 9.59 Å². The molecule has 178 valence electrons. The Hall–Kier alpha value is -3.64. The first-order valence-electron chi connectivity index (χ1n) is 12.4. The highest BCUT2D eigenvalue weighted by Gasteiger charge is 2.20. The zero-order valence-corrected chi connectivity index (χ0v) is 20.1. The summed E-state index contributed by atoms with van der Waals surface area (Å²) in [5.74, 6) is 0.707. The maximum Gasteiger partial charge on any atom is 0.196 e. The first-order chi connectivity index (χ1) is 17.0. The number of fused-ring (bicyclic) bond motifs is 5. The molecule has 1 saturated heterocycles. The third-order valence-electron chi connectivity index (χ3n) is 7.26. The molecule has 1 unspecified atom stereocenters. The van der Waals surface area contributed by atoms with Crippen molar-refractivity contribution in [2.24, 2.45) is 5.92 Å². The molecule has 0 aliphatic carbocycles. The number of aromatic amines is 1. The molecule has 35 heavy (non-hydrogen) atoms. The smallest absolute Gasteiger partial charge is 0.196 e. The lowest BCUT2D eigenvalue weighted by Gasteiger charge is -2.30. The molecular formula is C29H29N3O3. The predicted molar refractivity (Wildman–Crippen MR) is 144 cm³/mol. The molecule has 0 spiro atoms. The van der Waals surface area contributed by atoms with Crippen LogP contribution in [0.4, 0.5) is 5.69 Å². The number of likely N-dealkylation sites (tertiary alicyclic amines) is 1. The Balaban J connectivity index is 1.56. The van der Waals surface area contributed by atoms with E-state index in [2.05, 4.69) is 22.1 Å². The van der Waals surface area contributed by atoms with Crippen LogP contribution in [0.3, 0.4) is 0 Å². The van der Waals surface area contributed by atoms with Gasteiger partial charge in [0.2, 0.25) is 0 Å². The Morgan fingerprint density at radius 1 is 1.03 bits per heavy atom. The highest BCUT2D eigenvalue weighted by atomic mass is 16.3. The summed E-state index contributed by atoms with van der Waals surface area (Å²) in [5.41, 5.74) is 4.03. The fourth-order valence-corrected chi connectivity index (χ4v) is 5.52. The number of H-pyrrole nitrogens is 1. The van der Waals surface area contributed by atoms with E-state index in [1.54, 1.807) is 24.3 Å². The van der Waals surface area contributed by atoms with Gasteiger partial charge in [-0.1, -0.05) is 37.3 Å². The Morgan fingerprint density at radius 3 is 2.57 bits per heavy atom. The summed E-state index contributed by atoms with van der Waals surface area (Å²) >= 11 is 0. The highest BCUT2D eigenvalue weighted by Crippen LogP contribution is 2.31. The fourth-order valence-electron chi connectivity index (χ4n) is 5.52. The first kappa shape index (κ1) is 21.9. The van der Waals surface area contributed by atoms with Gasteiger partial charge < -0.3 is 19.6 Å². The molecule has 0 bridgehead atoms. The van der Waals surface area contributed by atoms with E-state index in [4.69, 9.17) is 4.42 Å². The van der Waals surface area contributed by atoms with Crippen molar-refractivity contribution in [3.8, 4) is 0 Å². The van der Waals surface area contributed by atoms with Crippen LogP contribution in [0.2, 0.25) is 0 Å². The number of benzene rings is 4. The molecule has 0 amide bonds. The van der Waals surface area contributed by atoms with E-state index in [0.717, 1.165) is 30.7 Å². The summed E-state index contributed by atoms with van der Waals surface area (Å²) in [7, 11) is 0. The van der Waals surface area contributed by atoms with Gasteiger partial charge in [-0.15, -0.1) is 0 Å². The molecule has 1 aromatic heterocycles. The molecule has 2 heterocycles. The summed E-state index contributed by atoms with van der Waals surface area (Å²) in [5, 5.41) is 5.17. The Labute approximate surface area is 202 Å². The lowest BCUT2D eigenvalue weighted by Crippen LogP contribution is -2.37. The number of aryl methyl sites for hydroxylation is 1. The van der Waals surface area contributed by atoms with E-state index in [0.29, 0.717) is 56.4 Å². The first-order valence-corrected chi connectivity index (χ1v) is 12.4. The van der Waals surface area contributed by atoms with Crippen LogP contribution in [-0.4, -0.2) is 36.1 Å². The van der Waals surface area contributed by atoms with Crippen molar-refractivity contribution < 1.29 is 4.42 Å². The number of nitrogens with one attached hydrogen (secondary N) is 2. The molecule has 2 N–H and O–H groups in total. The molecule has 6 rings (SSSR count). The number of aromatic nitrogens is 1. The van der Waals surface area contributed by atoms with Crippen molar-refractivity contribution in [1.29, 1.82) is 0 Å². The zero-order chi connectivity index (χ0) is 24.1. The van der Waals surface area contributed by atoms with Crippen LogP contribution in [0.15, 0.2) is 62.5 Å². The van der Waals surface area contributed by atoms with Crippen molar-refractivity contribution in [2.75, 3.05) is 31.5 Å². The summed E-state index contributed by atoms with van der Waals surface area (Å²) in [6.07, 6.45) is 2.50. The van der Waals surface area contributed by atoms with Gasteiger partial charge in [0.05, 0.1) is 27.5 Å². The van der Waals surface area contributed by atoms with Gasteiger partial charge in [-0.25, -0.2) is 0 Å². The molecule has 1 atom stereocenters. The predicted octanol–water partition coefficient (Wildman–Crippen LogP) is 5.39. The van der Waals surface area contributed by atoms with Crippen molar-refractivity contribution in [1.82, 2.24) is 9.88 Å². The van der Waals surface area contributed by atoms with Crippen LogP contribution in [0.1, 0.15) is 25.3 Å². The van der Waals surface area contributed by atoms with E-state index in [-0.39, 0.29) is 10.9 Å². The van der Waals surface area contributed by atoms with Crippen molar-refractivity contribution in [3.05, 3.63) is 74.5 Å². The van der Waals surface area contributed by atoms with Crippen LogP contribution < -0.4 is 16.2 Å². The quantitative estimate of drug-likeness (QED) is 0.274. The zero-order valence-electron chi connectivity index (χ0n) is 20.1. The van der Waals surface area contributed by atoms with Gasteiger partial charge in [-0.2, -0.15) is 0 Å². The van der Waals surface area contributed by atoms with E-state index >= 15 is 0 Å². The minimum absolute atomic E-state index is 0.136. The lowest BCUT2D eigenvalue weighted by molar-refractivity contribution is 0.190. The highest BCUT2D eigenvalue weighted by molar-refractivity contribution is 6.14. The van der Waals surface area contributed by atoms with E-state index in [1.165, 1.54) is 12.8 Å². The van der Waals surface area contributed by atoms with E-state index < -0.39 is 0 Å². The number of hydrogen-bond donors (Lipinski definition) is 2. The molecule has 1 aliphatic heterocycles. The summed E-state index contributed by atoms with van der Waals surface area (Å²) in [6, 6.07) is 14.8. The van der Waals surface area contributed by atoms with Crippen molar-refractivity contribution in [2.45, 2.75) is 26.7 Å². The second kappa shape index (κ2) is 8.54. The maximum atomic E-state index is 13.7. The third kappa shape index (κ3) is 3.78. The standard InChI is InChI=1S/C29H29N3O3/c1-17-9-10-21-23(14-17)35-24-15-22(30-11-13-32-12-5-6-18(2)16-32)25-26(27(24)31-21)29(34)20-8-4-3-7-19(20)28(25)33/h3-4,7-10,14-15,18,30-31H,5-6,11-13,16H2,1-2H3. The van der Waals surface area contributed by atoms with E-state index in [1.807, 2.05) is 31.2 Å². The molecule has 1 aliphatic rings.